The molecule has 8 heteroatoms. The van der Waals surface area contributed by atoms with Crippen LogP contribution < -0.4 is 5.73 Å². The maximum absolute atomic E-state index is 13.7. The lowest BCUT2D eigenvalue weighted by Gasteiger charge is -2.17. The van der Waals surface area contributed by atoms with Gasteiger partial charge in [-0.25, -0.2) is 9.37 Å². The number of hydrogen-bond acceptors (Lipinski definition) is 6. The molecule has 4 rings (SSSR count). The Bertz CT molecular complexity index is 860. The third kappa shape index (κ3) is 3.58. The van der Waals surface area contributed by atoms with Gasteiger partial charge in [0, 0.05) is 11.8 Å². The highest BCUT2D eigenvalue weighted by Gasteiger charge is 2.36. The molecule has 0 unspecified atom stereocenters. The van der Waals surface area contributed by atoms with Gasteiger partial charge in [0.1, 0.15) is 11.5 Å². The summed E-state index contributed by atoms with van der Waals surface area (Å²) in [7, 11) is 0. The van der Waals surface area contributed by atoms with Crippen LogP contribution >= 0.6 is 23.7 Å². The third-order valence-corrected chi connectivity index (χ3v) is 5.29. The molecule has 132 valence electrons. The minimum Gasteiger partial charge on any atom is -0.332 e. The third-order valence-electron chi connectivity index (χ3n) is 4.44. The van der Waals surface area contributed by atoms with Crippen molar-refractivity contribution in [1.29, 1.82) is 0 Å². The molecule has 2 N–H and O–H groups in total. The van der Waals surface area contributed by atoms with Crippen molar-refractivity contribution in [2.75, 3.05) is 0 Å². The summed E-state index contributed by atoms with van der Waals surface area (Å²) in [4.78, 5) is 8.93. The lowest BCUT2D eigenvalue weighted by Crippen LogP contribution is -2.34. The number of nitrogens with two attached hydrogens (primary N) is 1. The first kappa shape index (κ1) is 18.0. The average Bonchev–Trinajstić information content (AvgIpc) is 3.30. The molecule has 0 bridgehead atoms. The number of benzene rings is 1. The SMILES string of the molecule is Cl.NC1(c2noc(-c3csc(Cc4ccccc4F)n3)n2)CCCC1. The molecule has 0 saturated heterocycles. The van der Waals surface area contributed by atoms with Crippen molar-refractivity contribution in [1.82, 2.24) is 15.1 Å². The molecule has 0 amide bonds. The highest BCUT2D eigenvalue weighted by molar-refractivity contribution is 7.10. The van der Waals surface area contributed by atoms with Crippen molar-refractivity contribution in [3.63, 3.8) is 0 Å². The van der Waals surface area contributed by atoms with Crippen molar-refractivity contribution in [2.45, 2.75) is 37.6 Å². The van der Waals surface area contributed by atoms with Crippen LogP contribution in [-0.4, -0.2) is 15.1 Å². The van der Waals surface area contributed by atoms with E-state index in [2.05, 4.69) is 15.1 Å². The summed E-state index contributed by atoms with van der Waals surface area (Å²) in [6.45, 7) is 0. The van der Waals surface area contributed by atoms with Crippen LogP contribution in [0, 0.1) is 5.82 Å². The summed E-state index contributed by atoms with van der Waals surface area (Å²) in [5.41, 5.74) is 7.11. The normalized spacial score (nSPS) is 15.9. The Hall–Kier alpha value is -1.83. The molecular formula is C17H18ClFN4OS. The summed E-state index contributed by atoms with van der Waals surface area (Å²) >= 11 is 1.45. The van der Waals surface area contributed by atoms with E-state index < -0.39 is 5.54 Å². The Kier molecular flexibility index (Phi) is 5.17. The van der Waals surface area contributed by atoms with Gasteiger partial charge in [0.25, 0.3) is 5.89 Å². The van der Waals surface area contributed by atoms with Crippen molar-refractivity contribution >= 4 is 23.7 Å². The molecule has 0 radical (unpaired) electrons. The van der Waals surface area contributed by atoms with Gasteiger partial charge in [-0.2, -0.15) is 4.98 Å². The molecule has 3 aromatic rings. The minimum atomic E-state index is -0.478. The quantitative estimate of drug-likeness (QED) is 0.738. The van der Waals surface area contributed by atoms with Gasteiger partial charge in [0.2, 0.25) is 0 Å². The van der Waals surface area contributed by atoms with Gasteiger partial charge in [-0.05, 0) is 24.5 Å². The molecule has 1 aromatic carbocycles. The fraction of sp³-hybridized carbons (Fsp3) is 0.353. The van der Waals surface area contributed by atoms with Crippen LogP contribution in [0.25, 0.3) is 11.6 Å². The topological polar surface area (TPSA) is 77.8 Å². The Morgan fingerprint density at radius 1 is 1.20 bits per heavy atom. The number of rotatable bonds is 4. The van der Waals surface area contributed by atoms with Crippen LogP contribution in [0.4, 0.5) is 4.39 Å². The second kappa shape index (κ2) is 7.19. The van der Waals surface area contributed by atoms with Crippen LogP contribution in [-0.2, 0) is 12.0 Å². The maximum atomic E-state index is 13.7. The van der Waals surface area contributed by atoms with Gasteiger partial charge in [-0.1, -0.05) is 36.2 Å². The van der Waals surface area contributed by atoms with Crippen molar-refractivity contribution in [2.24, 2.45) is 5.73 Å². The molecule has 2 aromatic heterocycles. The molecule has 0 atom stereocenters. The number of nitrogens with zero attached hydrogens (tertiary/aromatic N) is 3. The molecule has 1 fully saturated rings. The van der Waals surface area contributed by atoms with Gasteiger partial charge in [-0.3, -0.25) is 0 Å². The van der Waals surface area contributed by atoms with E-state index in [9.17, 15) is 4.39 Å². The van der Waals surface area contributed by atoms with Crippen LogP contribution in [0.15, 0.2) is 34.2 Å². The molecule has 25 heavy (non-hydrogen) atoms. The second-order valence-electron chi connectivity index (χ2n) is 6.18. The lowest BCUT2D eigenvalue weighted by atomic mass is 9.99. The van der Waals surface area contributed by atoms with E-state index in [1.807, 2.05) is 11.4 Å². The van der Waals surface area contributed by atoms with Crippen molar-refractivity contribution in [3.05, 3.63) is 51.9 Å². The Balaban J connectivity index is 0.00000182. The second-order valence-corrected chi connectivity index (χ2v) is 7.12. The van der Waals surface area contributed by atoms with E-state index in [1.54, 1.807) is 12.1 Å². The molecule has 1 aliphatic carbocycles. The van der Waals surface area contributed by atoms with Gasteiger partial charge in [0.15, 0.2) is 5.82 Å². The highest BCUT2D eigenvalue weighted by atomic mass is 35.5. The van der Waals surface area contributed by atoms with Gasteiger partial charge >= 0.3 is 0 Å². The Morgan fingerprint density at radius 3 is 2.72 bits per heavy atom. The zero-order chi connectivity index (χ0) is 16.6. The van der Waals surface area contributed by atoms with Crippen molar-refractivity contribution in [3.8, 4) is 11.6 Å². The predicted octanol–water partition coefficient (Wildman–Crippen LogP) is 4.07. The standard InChI is InChI=1S/C17H17FN4OS.ClH/c18-12-6-2-1-5-11(12)9-14-20-13(10-24-14)15-21-16(22-23-15)17(19)7-3-4-8-17;/h1-2,5-6,10H,3-4,7-9,19H2;1H. The van der Waals surface area contributed by atoms with E-state index in [4.69, 9.17) is 10.3 Å². The van der Waals surface area contributed by atoms with E-state index >= 15 is 0 Å². The zero-order valence-electron chi connectivity index (χ0n) is 13.4. The summed E-state index contributed by atoms with van der Waals surface area (Å²) in [6.07, 6.45) is 4.37. The fourth-order valence-electron chi connectivity index (χ4n) is 3.05. The van der Waals surface area contributed by atoms with Crippen LogP contribution in [0.2, 0.25) is 0 Å². The zero-order valence-corrected chi connectivity index (χ0v) is 15.1. The molecular weight excluding hydrogens is 363 g/mol. The molecule has 0 spiro atoms. The summed E-state index contributed by atoms with van der Waals surface area (Å²) in [5, 5.41) is 6.70. The minimum absolute atomic E-state index is 0. The van der Waals surface area contributed by atoms with E-state index in [1.165, 1.54) is 17.4 Å². The maximum Gasteiger partial charge on any atom is 0.277 e. The number of thiazole rings is 1. The average molecular weight is 381 g/mol. The fourth-order valence-corrected chi connectivity index (χ4v) is 3.85. The predicted molar refractivity (Wildman–Crippen MR) is 96.2 cm³/mol. The van der Waals surface area contributed by atoms with Crippen LogP contribution in [0.5, 0.6) is 0 Å². The lowest BCUT2D eigenvalue weighted by molar-refractivity contribution is 0.372. The van der Waals surface area contributed by atoms with E-state index in [-0.39, 0.29) is 18.2 Å². The van der Waals surface area contributed by atoms with Crippen LogP contribution in [0.1, 0.15) is 42.1 Å². The van der Waals surface area contributed by atoms with Crippen LogP contribution in [0.3, 0.4) is 0 Å². The molecule has 1 saturated carbocycles. The Labute approximate surface area is 154 Å². The molecule has 1 aliphatic rings. The first-order valence-electron chi connectivity index (χ1n) is 7.95. The van der Waals surface area contributed by atoms with Gasteiger partial charge in [0.05, 0.1) is 10.5 Å². The molecule has 5 nitrogen and oxygen atoms in total. The number of aromatic nitrogens is 3. The van der Waals surface area contributed by atoms with E-state index in [0.29, 0.717) is 29.4 Å². The highest BCUT2D eigenvalue weighted by Crippen LogP contribution is 2.35. The summed E-state index contributed by atoms with van der Waals surface area (Å²) in [6, 6.07) is 6.72. The molecule has 2 heterocycles. The van der Waals surface area contributed by atoms with Crippen molar-refractivity contribution < 1.29 is 8.91 Å². The first-order valence-corrected chi connectivity index (χ1v) is 8.83. The first-order chi connectivity index (χ1) is 11.6. The smallest absolute Gasteiger partial charge is 0.277 e. The van der Waals surface area contributed by atoms with Gasteiger partial charge < -0.3 is 10.3 Å². The Morgan fingerprint density at radius 2 is 1.96 bits per heavy atom. The number of hydrogen-bond donors (Lipinski definition) is 1. The monoisotopic (exact) mass is 380 g/mol. The number of halogens is 2. The van der Waals surface area contributed by atoms with Gasteiger partial charge in [-0.15, -0.1) is 23.7 Å². The summed E-state index contributed by atoms with van der Waals surface area (Å²) in [5.74, 6) is 0.706. The summed E-state index contributed by atoms with van der Waals surface area (Å²) < 4.78 is 19.1. The largest absolute Gasteiger partial charge is 0.332 e. The van der Waals surface area contributed by atoms with E-state index in [0.717, 1.165) is 30.7 Å². The molecule has 0 aliphatic heterocycles.